The molecule has 6 nitrogen and oxygen atoms in total. The average molecular weight is 429 g/mol. The number of hydrogen-bond acceptors (Lipinski definition) is 6. The molecule has 0 spiro atoms. The molecule has 4 aliphatic rings. The van der Waals surface area contributed by atoms with E-state index in [1.54, 1.807) is 13.8 Å². The molecule has 4 aliphatic carbocycles. The van der Waals surface area contributed by atoms with E-state index in [-0.39, 0.29) is 17.9 Å². The summed E-state index contributed by atoms with van der Waals surface area (Å²) < 4.78 is 16.9. The number of allylic oxidation sites excluding steroid dienone is 4. The first-order valence-electron chi connectivity index (χ1n) is 9.93. The van der Waals surface area contributed by atoms with E-state index in [4.69, 9.17) is 11.6 Å². The van der Waals surface area contributed by atoms with Crippen LogP contribution in [0.15, 0.2) is 22.8 Å². The summed E-state index contributed by atoms with van der Waals surface area (Å²) in [7, 11) is 0. The fourth-order valence-corrected chi connectivity index (χ4v) is 7.17. The zero-order valence-corrected chi connectivity index (χ0v) is 17.1. The molecule has 0 aliphatic heterocycles. The zero-order valence-electron chi connectivity index (χ0n) is 16.4. The minimum absolute atomic E-state index is 0.0205. The van der Waals surface area contributed by atoms with E-state index in [9.17, 15) is 30.0 Å². The predicted octanol–water partition coefficient (Wildman–Crippen LogP) is 1.19. The van der Waals surface area contributed by atoms with Crippen LogP contribution < -0.4 is 0 Å². The molecular formula is C21H26ClFO6. The second-order valence-corrected chi connectivity index (χ2v) is 9.89. The molecule has 160 valence electrons. The molecule has 2 unspecified atom stereocenters. The van der Waals surface area contributed by atoms with Gasteiger partial charge in [0.25, 0.3) is 0 Å². The second-order valence-electron chi connectivity index (χ2n) is 9.48. The highest BCUT2D eigenvalue weighted by molar-refractivity contribution is 6.44. The van der Waals surface area contributed by atoms with Gasteiger partial charge in [0.15, 0.2) is 22.8 Å². The lowest BCUT2D eigenvalue weighted by Crippen LogP contribution is -2.69. The number of rotatable bonds is 2. The summed E-state index contributed by atoms with van der Waals surface area (Å²) in [6.45, 7) is 2.23. The number of halogens is 2. The topological polar surface area (TPSA) is 115 Å². The second kappa shape index (κ2) is 6.20. The number of carbonyl (C=O) groups excluding carboxylic acids is 2. The highest BCUT2D eigenvalue weighted by Gasteiger charge is 2.76. The van der Waals surface area contributed by atoms with Gasteiger partial charge in [-0.2, -0.15) is 0 Å². The van der Waals surface area contributed by atoms with Gasteiger partial charge < -0.3 is 20.4 Å². The van der Waals surface area contributed by atoms with Gasteiger partial charge in [-0.3, -0.25) is 9.59 Å². The molecule has 0 heterocycles. The first kappa shape index (κ1) is 21.1. The number of fused-ring (bicyclic) bond motifs is 5. The molecule has 3 fully saturated rings. The van der Waals surface area contributed by atoms with E-state index < -0.39 is 64.3 Å². The number of ketones is 2. The van der Waals surface area contributed by atoms with Crippen LogP contribution in [0.5, 0.6) is 0 Å². The van der Waals surface area contributed by atoms with Crippen molar-refractivity contribution in [1.82, 2.24) is 0 Å². The third-order valence-electron chi connectivity index (χ3n) is 8.49. The van der Waals surface area contributed by atoms with E-state index in [0.717, 1.165) is 0 Å². The predicted molar refractivity (Wildman–Crippen MR) is 102 cm³/mol. The standard InChI is InChI=1S/C21H26ClFO6/c1-18-7-13(22)14(25)5-10(18)3-4-11-12-6-15(26)21(29,17(28)9-24)19(12,2)8-16(27)20(11,18)23/h5,7,11-12,15-16,24,26-27,29H,3-4,6,8-9H2,1-2H3/t11-,12-,15?,16?,18-,19-,20-,21-/m0/s1. The number of Topliss-reactive ketones (excluding diaryl/α,β-unsaturated/α-hetero) is 1. The maximum absolute atomic E-state index is 16.9. The molecule has 0 radical (unpaired) electrons. The summed E-state index contributed by atoms with van der Waals surface area (Å²) in [5.74, 6) is -2.70. The summed E-state index contributed by atoms with van der Waals surface area (Å²) in [4.78, 5) is 24.4. The van der Waals surface area contributed by atoms with E-state index in [0.29, 0.717) is 18.4 Å². The molecule has 0 aromatic rings. The van der Waals surface area contributed by atoms with Gasteiger partial charge in [0.05, 0.1) is 17.2 Å². The number of alkyl halides is 1. The lowest BCUT2D eigenvalue weighted by atomic mass is 9.44. The SMILES string of the molecule is C[C@]12C=C(Cl)C(=O)C=C1CC[C@H]1[C@@H]3CC(O)[C@](O)(C(=O)CO)[C@@]3(C)CC(O)[C@@]12F. The Morgan fingerprint density at radius 3 is 2.55 bits per heavy atom. The van der Waals surface area contributed by atoms with Crippen LogP contribution in [0.1, 0.15) is 39.5 Å². The Balaban J connectivity index is 1.85. The quantitative estimate of drug-likeness (QED) is 0.525. The van der Waals surface area contributed by atoms with Gasteiger partial charge in [-0.1, -0.05) is 24.1 Å². The minimum Gasteiger partial charge on any atom is -0.390 e. The molecule has 4 rings (SSSR count). The molecule has 0 saturated heterocycles. The largest absolute Gasteiger partial charge is 0.390 e. The van der Waals surface area contributed by atoms with Crippen molar-refractivity contribution in [3.63, 3.8) is 0 Å². The van der Waals surface area contributed by atoms with E-state index in [2.05, 4.69) is 0 Å². The Morgan fingerprint density at radius 1 is 1.28 bits per heavy atom. The van der Waals surface area contributed by atoms with E-state index >= 15 is 4.39 Å². The molecule has 0 aromatic heterocycles. The van der Waals surface area contributed by atoms with Gasteiger partial charge in [-0.05, 0) is 50.7 Å². The van der Waals surface area contributed by atoms with Crippen molar-refractivity contribution in [2.75, 3.05) is 6.61 Å². The summed E-state index contributed by atoms with van der Waals surface area (Å²) in [6, 6.07) is 0. The van der Waals surface area contributed by atoms with E-state index in [1.165, 1.54) is 12.2 Å². The lowest BCUT2D eigenvalue weighted by Gasteiger charge is -2.62. The fourth-order valence-electron chi connectivity index (χ4n) is 6.90. The zero-order chi connectivity index (χ0) is 21.6. The van der Waals surface area contributed by atoms with Crippen LogP contribution in [0.4, 0.5) is 4.39 Å². The molecule has 0 amide bonds. The number of aliphatic hydroxyl groups excluding tert-OH is 3. The number of hydrogen-bond donors (Lipinski definition) is 4. The van der Waals surface area contributed by atoms with E-state index in [1.807, 2.05) is 0 Å². The first-order chi connectivity index (χ1) is 13.4. The number of carbonyl (C=O) groups is 2. The fraction of sp³-hybridized carbons (Fsp3) is 0.714. The maximum atomic E-state index is 16.9. The monoisotopic (exact) mass is 428 g/mol. The molecule has 3 saturated carbocycles. The van der Waals surface area contributed by atoms with Crippen LogP contribution in [0.3, 0.4) is 0 Å². The van der Waals surface area contributed by atoms with Gasteiger partial charge in [0.1, 0.15) is 6.61 Å². The van der Waals surface area contributed by atoms with Crippen molar-refractivity contribution < 1.29 is 34.4 Å². The first-order valence-corrected chi connectivity index (χ1v) is 10.3. The van der Waals surface area contributed by atoms with Crippen molar-refractivity contribution >= 4 is 23.2 Å². The van der Waals surface area contributed by atoms with Crippen molar-refractivity contribution in [2.24, 2.45) is 22.7 Å². The van der Waals surface area contributed by atoms with Crippen molar-refractivity contribution in [3.8, 4) is 0 Å². The van der Waals surface area contributed by atoms with Crippen molar-refractivity contribution in [3.05, 3.63) is 22.8 Å². The Bertz CT molecular complexity index is 856. The lowest BCUT2D eigenvalue weighted by molar-refractivity contribution is -0.222. The summed E-state index contributed by atoms with van der Waals surface area (Å²) in [5.41, 5.74) is -6.50. The average Bonchev–Trinajstić information content (AvgIpc) is 2.85. The van der Waals surface area contributed by atoms with Crippen LogP contribution in [-0.4, -0.2) is 62.1 Å². The van der Waals surface area contributed by atoms with Gasteiger partial charge in [0.2, 0.25) is 0 Å². The molecule has 4 N–H and O–H groups in total. The van der Waals surface area contributed by atoms with Gasteiger partial charge in [-0.15, -0.1) is 0 Å². The third kappa shape index (κ3) is 2.26. The van der Waals surface area contributed by atoms with Crippen molar-refractivity contribution in [2.45, 2.75) is 63.0 Å². The third-order valence-corrected chi connectivity index (χ3v) is 8.78. The molecule has 8 heteroatoms. The van der Waals surface area contributed by atoms with Crippen LogP contribution in [0, 0.1) is 22.7 Å². The Labute approximate surface area is 173 Å². The smallest absolute Gasteiger partial charge is 0.196 e. The summed E-state index contributed by atoms with van der Waals surface area (Å²) >= 11 is 6.05. The highest BCUT2D eigenvalue weighted by atomic mass is 35.5. The van der Waals surface area contributed by atoms with Gasteiger partial charge >= 0.3 is 0 Å². The van der Waals surface area contributed by atoms with Crippen LogP contribution in [0.2, 0.25) is 0 Å². The highest BCUT2D eigenvalue weighted by Crippen LogP contribution is 2.69. The van der Waals surface area contributed by atoms with Gasteiger partial charge in [-0.25, -0.2) is 4.39 Å². The molecule has 8 atom stereocenters. The van der Waals surface area contributed by atoms with Crippen LogP contribution in [0.25, 0.3) is 0 Å². The molecule has 29 heavy (non-hydrogen) atoms. The number of aliphatic hydroxyl groups is 4. The Morgan fingerprint density at radius 2 is 1.93 bits per heavy atom. The molecule has 0 bridgehead atoms. The molecule has 0 aromatic carbocycles. The summed E-state index contributed by atoms with van der Waals surface area (Å²) in [6.07, 6.45) is 0.0872. The van der Waals surface area contributed by atoms with Crippen LogP contribution in [-0.2, 0) is 9.59 Å². The normalized spacial score (nSPS) is 51.5. The Hall–Kier alpha value is -1.12. The summed E-state index contributed by atoms with van der Waals surface area (Å²) in [5, 5.41) is 42.1. The minimum atomic E-state index is -2.26. The van der Waals surface area contributed by atoms with Crippen LogP contribution >= 0.6 is 11.6 Å². The molecular weight excluding hydrogens is 403 g/mol. The maximum Gasteiger partial charge on any atom is 0.196 e. The Kier molecular flexibility index (Phi) is 4.52. The van der Waals surface area contributed by atoms with Crippen molar-refractivity contribution in [1.29, 1.82) is 0 Å². The van der Waals surface area contributed by atoms with Gasteiger partial charge in [0, 0.05) is 16.7 Å².